The zero-order chi connectivity index (χ0) is 25.5. The van der Waals surface area contributed by atoms with Crippen molar-refractivity contribution in [1.82, 2.24) is 10.3 Å². The van der Waals surface area contributed by atoms with Gasteiger partial charge < -0.3 is 15.2 Å². The molecule has 1 spiro atoms. The lowest BCUT2D eigenvalue weighted by molar-refractivity contribution is -0.160. The second-order valence-corrected chi connectivity index (χ2v) is 12.1. The van der Waals surface area contributed by atoms with E-state index in [2.05, 4.69) is 26.2 Å². The van der Waals surface area contributed by atoms with Crippen LogP contribution in [-0.2, 0) is 9.53 Å². The summed E-state index contributed by atoms with van der Waals surface area (Å²) in [7, 11) is 0. The third-order valence-corrected chi connectivity index (χ3v) is 7.84. The maximum absolute atomic E-state index is 13.4. The van der Waals surface area contributed by atoms with Crippen molar-refractivity contribution in [1.29, 1.82) is 0 Å². The number of aromatic nitrogens is 1. The molecule has 0 saturated heterocycles. The van der Waals surface area contributed by atoms with Crippen LogP contribution in [0.5, 0.6) is 0 Å². The Morgan fingerprint density at radius 1 is 1.11 bits per heavy atom. The molecule has 4 rings (SSSR count). The van der Waals surface area contributed by atoms with Crippen molar-refractivity contribution >= 4 is 27.8 Å². The molecular weight excluding hydrogens is 508 g/mol. The van der Waals surface area contributed by atoms with Crippen LogP contribution in [0, 0.1) is 19.3 Å². The second-order valence-electron chi connectivity index (χ2n) is 11.2. The van der Waals surface area contributed by atoms with Gasteiger partial charge in [-0.05, 0) is 107 Å². The molecule has 1 aromatic heterocycles. The molecule has 1 aromatic carbocycles. The van der Waals surface area contributed by atoms with Gasteiger partial charge in [-0.3, -0.25) is 4.79 Å². The molecule has 1 amide bonds. The van der Waals surface area contributed by atoms with Crippen molar-refractivity contribution in [2.45, 2.75) is 90.9 Å². The molecule has 2 fully saturated rings. The minimum Gasteiger partial charge on any atom is -0.479 e. The number of pyridine rings is 1. The van der Waals surface area contributed by atoms with Crippen molar-refractivity contribution in [2.24, 2.45) is 5.41 Å². The van der Waals surface area contributed by atoms with Crippen LogP contribution in [0.1, 0.15) is 92.7 Å². The van der Waals surface area contributed by atoms with E-state index in [-0.39, 0.29) is 11.9 Å². The lowest BCUT2D eigenvalue weighted by Gasteiger charge is -2.30. The van der Waals surface area contributed by atoms with E-state index in [1.165, 1.54) is 25.7 Å². The third kappa shape index (κ3) is 5.78. The summed E-state index contributed by atoms with van der Waals surface area (Å²) in [5.74, 6) is -1.29. The van der Waals surface area contributed by atoms with Crippen LogP contribution in [0.3, 0.4) is 0 Å². The third-order valence-electron chi connectivity index (χ3n) is 7.31. The molecule has 0 unspecified atom stereocenters. The summed E-state index contributed by atoms with van der Waals surface area (Å²) in [5, 5.41) is 13.3. The number of hydrogen-bond donors (Lipinski definition) is 2. The molecule has 2 aliphatic rings. The number of nitrogens with one attached hydrogen (secondary N) is 1. The van der Waals surface area contributed by atoms with E-state index in [1.807, 2.05) is 52.0 Å². The summed E-state index contributed by atoms with van der Waals surface area (Å²) in [6.45, 7) is 9.09. The maximum Gasteiger partial charge on any atom is 0.337 e. The number of carbonyl (C=O) groups is 2. The number of ether oxygens (including phenoxy) is 1. The number of aryl methyl sites for hydroxylation is 1. The Morgan fingerprint density at radius 3 is 2.23 bits per heavy atom. The zero-order valence-electron chi connectivity index (χ0n) is 21.2. The van der Waals surface area contributed by atoms with Gasteiger partial charge in [0.25, 0.3) is 5.91 Å². The first-order valence-electron chi connectivity index (χ1n) is 12.4. The van der Waals surface area contributed by atoms with Gasteiger partial charge in [-0.1, -0.05) is 28.1 Å². The highest BCUT2D eigenvalue weighted by atomic mass is 79.9. The Balaban J connectivity index is 1.76. The minimum atomic E-state index is -1.22. The van der Waals surface area contributed by atoms with Crippen LogP contribution < -0.4 is 5.32 Å². The van der Waals surface area contributed by atoms with Gasteiger partial charge in [0.2, 0.25) is 0 Å². The minimum absolute atomic E-state index is 0.155. The molecule has 1 heterocycles. The van der Waals surface area contributed by atoms with E-state index in [0.29, 0.717) is 33.5 Å². The number of amides is 1. The molecule has 7 heteroatoms. The highest BCUT2D eigenvalue weighted by Crippen LogP contribution is 2.56. The van der Waals surface area contributed by atoms with Gasteiger partial charge in [0, 0.05) is 21.8 Å². The van der Waals surface area contributed by atoms with Crippen molar-refractivity contribution in [3.05, 3.63) is 51.3 Å². The van der Waals surface area contributed by atoms with Gasteiger partial charge in [-0.25, -0.2) is 9.78 Å². The molecule has 0 aliphatic heterocycles. The Morgan fingerprint density at radius 2 is 1.71 bits per heavy atom. The Bertz CT molecular complexity index is 1120. The fourth-order valence-electron chi connectivity index (χ4n) is 5.23. The highest BCUT2D eigenvalue weighted by molar-refractivity contribution is 9.10. The van der Waals surface area contributed by atoms with E-state index in [9.17, 15) is 14.7 Å². The first-order valence-corrected chi connectivity index (χ1v) is 13.2. The standard InChI is InChI=1S/C28H35BrN2O4/c1-16-21(18-6-8-19(29)9-7-18)22(24(26(33)34)35-27(3,4)5)17(2)30-23(16)25(32)31-20-10-12-28(13-11-20)14-15-28/h6-9,20,24H,10-15H2,1-5H3,(H,31,32)(H,33,34)/t24-/m0/s1. The summed E-state index contributed by atoms with van der Waals surface area (Å²) in [6.07, 6.45) is 5.79. The van der Waals surface area contributed by atoms with Crippen molar-refractivity contribution < 1.29 is 19.4 Å². The number of carboxylic acid groups (broad SMARTS) is 1. The number of carboxylic acids is 1. The number of carbonyl (C=O) groups excluding carboxylic acids is 1. The van der Waals surface area contributed by atoms with Crippen LogP contribution in [0.4, 0.5) is 0 Å². The summed E-state index contributed by atoms with van der Waals surface area (Å²) < 4.78 is 6.92. The molecule has 2 saturated carbocycles. The highest BCUT2D eigenvalue weighted by Gasteiger charge is 2.45. The van der Waals surface area contributed by atoms with E-state index < -0.39 is 17.7 Å². The van der Waals surface area contributed by atoms with Gasteiger partial charge >= 0.3 is 5.97 Å². The van der Waals surface area contributed by atoms with Gasteiger partial charge in [0.1, 0.15) is 5.69 Å². The van der Waals surface area contributed by atoms with Gasteiger partial charge in [-0.2, -0.15) is 0 Å². The van der Waals surface area contributed by atoms with E-state index in [0.717, 1.165) is 22.9 Å². The predicted octanol–water partition coefficient (Wildman–Crippen LogP) is 6.52. The Labute approximate surface area is 216 Å². The lowest BCUT2D eigenvalue weighted by atomic mass is 9.83. The molecule has 35 heavy (non-hydrogen) atoms. The molecule has 6 nitrogen and oxygen atoms in total. The fourth-order valence-corrected chi connectivity index (χ4v) is 5.50. The molecule has 0 bridgehead atoms. The number of nitrogens with zero attached hydrogens (tertiary/aromatic N) is 1. The summed E-state index contributed by atoms with van der Waals surface area (Å²) in [5.41, 5.74) is 3.34. The quantitative estimate of drug-likeness (QED) is 0.433. The summed E-state index contributed by atoms with van der Waals surface area (Å²) in [4.78, 5) is 30.4. The van der Waals surface area contributed by atoms with Gasteiger partial charge in [0.15, 0.2) is 6.10 Å². The van der Waals surface area contributed by atoms with E-state index in [4.69, 9.17) is 4.74 Å². The number of halogens is 1. The second kappa shape index (κ2) is 9.66. The first kappa shape index (κ1) is 25.8. The van der Waals surface area contributed by atoms with Gasteiger partial charge in [0.05, 0.1) is 5.60 Å². The van der Waals surface area contributed by atoms with Crippen LogP contribution in [0.2, 0.25) is 0 Å². The summed E-state index contributed by atoms with van der Waals surface area (Å²) >= 11 is 3.47. The van der Waals surface area contributed by atoms with Crippen LogP contribution in [0.25, 0.3) is 11.1 Å². The summed E-state index contributed by atoms with van der Waals surface area (Å²) in [6, 6.07) is 7.81. The van der Waals surface area contributed by atoms with Crippen LogP contribution >= 0.6 is 15.9 Å². The van der Waals surface area contributed by atoms with Crippen LogP contribution in [0.15, 0.2) is 28.7 Å². The molecule has 2 N–H and O–H groups in total. The fraction of sp³-hybridized carbons (Fsp3) is 0.536. The lowest BCUT2D eigenvalue weighted by Crippen LogP contribution is -2.39. The number of aliphatic carboxylic acids is 1. The smallest absolute Gasteiger partial charge is 0.337 e. The average molecular weight is 544 g/mol. The van der Waals surface area contributed by atoms with E-state index >= 15 is 0 Å². The van der Waals surface area contributed by atoms with Crippen molar-refractivity contribution in [3.63, 3.8) is 0 Å². The molecule has 188 valence electrons. The number of rotatable bonds is 6. The normalized spacial score (nSPS) is 18.3. The van der Waals surface area contributed by atoms with Gasteiger partial charge in [-0.15, -0.1) is 0 Å². The van der Waals surface area contributed by atoms with E-state index in [1.54, 1.807) is 6.92 Å². The average Bonchev–Trinajstić information content (AvgIpc) is 3.54. The molecule has 1 atom stereocenters. The van der Waals surface area contributed by atoms with Crippen molar-refractivity contribution in [3.8, 4) is 11.1 Å². The number of benzene rings is 1. The maximum atomic E-state index is 13.4. The topological polar surface area (TPSA) is 88.5 Å². The monoisotopic (exact) mass is 542 g/mol. The zero-order valence-corrected chi connectivity index (χ0v) is 22.8. The molecule has 2 aromatic rings. The molecule has 0 radical (unpaired) electrons. The predicted molar refractivity (Wildman–Crippen MR) is 139 cm³/mol. The Kier molecular flexibility index (Phi) is 7.13. The van der Waals surface area contributed by atoms with Crippen molar-refractivity contribution in [2.75, 3.05) is 0 Å². The molecule has 2 aliphatic carbocycles. The van der Waals surface area contributed by atoms with Crippen LogP contribution in [-0.4, -0.2) is 33.6 Å². The SMILES string of the molecule is Cc1nc(C(=O)NC2CCC3(CC2)CC3)c(C)c(-c2ccc(Br)cc2)c1[C@H](OC(C)(C)C)C(=O)O. The Hall–Kier alpha value is -2.25. The number of hydrogen-bond acceptors (Lipinski definition) is 4. The largest absolute Gasteiger partial charge is 0.479 e. The molecular formula is C28H35BrN2O4. The first-order chi connectivity index (χ1) is 16.4.